The minimum absolute atomic E-state index is 0.515. The van der Waals surface area contributed by atoms with E-state index in [4.69, 9.17) is 9.47 Å². The average molecular weight is 254 g/mol. The van der Waals surface area contributed by atoms with Crippen LogP contribution in [0, 0.1) is 11.5 Å². The zero-order valence-corrected chi connectivity index (χ0v) is 11.9. The van der Waals surface area contributed by atoms with Gasteiger partial charge in [0.2, 0.25) is 0 Å². The largest absolute Gasteiger partial charge is 0.421 e. The van der Waals surface area contributed by atoms with E-state index < -0.39 is 26.3 Å². The van der Waals surface area contributed by atoms with Crippen LogP contribution in [0.3, 0.4) is 0 Å². The van der Waals surface area contributed by atoms with Crippen molar-refractivity contribution in [3.05, 3.63) is 12.2 Å². The van der Waals surface area contributed by atoms with Crippen molar-refractivity contribution in [2.45, 2.75) is 39.8 Å². The predicted molar refractivity (Wildman–Crippen MR) is 67.6 cm³/mol. The second-order valence-corrected chi connectivity index (χ2v) is 9.22. The zero-order valence-electron chi connectivity index (χ0n) is 10.9. The molecule has 0 atom stereocenters. The van der Waals surface area contributed by atoms with E-state index in [2.05, 4.69) is 31.1 Å². The zero-order chi connectivity index (χ0) is 13.5. The second kappa shape index (κ2) is 6.92. The lowest BCUT2D eigenvalue weighted by atomic mass is 10.5. The van der Waals surface area contributed by atoms with E-state index in [9.17, 15) is 9.59 Å². The number of carbonyl (C=O) groups excluding carboxylic acids is 2. The Morgan fingerprint density at radius 1 is 1.12 bits per heavy atom. The molecule has 0 spiro atoms. The third-order valence-corrected chi connectivity index (χ3v) is 2.24. The van der Waals surface area contributed by atoms with Crippen molar-refractivity contribution in [2.24, 2.45) is 0 Å². The molecule has 4 nitrogen and oxygen atoms in total. The van der Waals surface area contributed by atoms with Gasteiger partial charge in [-0.15, -0.1) is 5.54 Å². The molecule has 0 radical (unpaired) electrons. The van der Waals surface area contributed by atoms with Gasteiger partial charge in [0.15, 0.2) is 0 Å². The molecule has 0 saturated heterocycles. The Labute approximate surface area is 103 Å². The molecule has 94 valence electrons. The van der Waals surface area contributed by atoms with Crippen LogP contribution in [0.5, 0.6) is 0 Å². The molecule has 0 aromatic rings. The summed E-state index contributed by atoms with van der Waals surface area (Å²) in [7, 11) is -1.42. The quantitative estimate of drug-likeness (QED) is 0.334. The van der Waals surface area contributed by atoms with Crippen LogP contribution in [0.25, 0.3) is 0 Å². The fourth-order valence-corrected chi connectivity index (χ4v) is 1.33. The van der Waals surface area contributed by atoms with Gasteiger partial charge in [-0.3, -0.25) is 9.59 Å². The molecule has 0 amide bonds. The van der Waals surface area contributed by atoms with Crippen molar-refractivity contribution >= 4 is 20.0 Å². The van der Waals surface area contributed by atoms with Gasteiger partial charge in [-0.1, -0.05) is 25.6 Å². The van der Waals surface area contributed by atoms with Crippen LogP contribution in [0.4, 0.5) is 0 Å². The topological polar surface area (TPSA) is 52.6 Å². The molecule has 0 heterocycles. The predicted octanol–water partition coefficient (Wildman–Crippen LogP) is 1.88. The molecule has 0 saturated carbocycles. The Bertz CT molecular complexity index is 352. The van der Waals surface area contributed by atoms with Crippen LogP contribution in [0.1, 0.15) is 13.8 Å². The molecular weight excluding hydrogens is 236 g/mol. The highest BCUT2D eigenvalue weighted by molar-refractivity contribution is 6.83. The van der Waals surface area contributed by atoms with Crippen LogP contribution in [0.2, 0.25) is 19.6 Å². The van der Waals surface area contributed by atoms with Gasteiger partial charge in [0.1, 0.15) is 8.07 Å². The lowest BCUT2D eigenvalue weighted by Crippen LogP contribution is -2.20. The minimum atomic E-state index is -1.42. The highest BCUT2D eigenvalue weighted by atomic mass is 28.3. The highest BCUT2D eigenvalue weighted by Crippen LogP contribution is 1.99. The van der Waals surface area contributed by atoms with Gasteiger partial charge < -0.3 is 9.47 Å². The van der Waals surface area contributed by atoms with Gasteiger partial charge in [-0.05, 0) is 6.08 Å². The third-order valence-electron chi connectivity index (χ3n) is 1.35. The molecule has 0 unspecified atom stereocenters. The van der Waals surface area contributed by atoms with Crippen LogP contribution in [-0.4, -0.2) is 26.3 Å². The van der Waals surface area contributed by atoms with Crippen molar-refractivity contribution < 1.29 is 19.1 Å². The van der Waals surface area contributed by atoms with Crippen LogP contribution >= 0.6 is 0 Å². The number of esters is 2. The van der Waals surface area contributed by atoms with Gasteiger partial charge in [0, 0.05) is 19.9 Å². The molecule has 0 rings (SSSR count). The van der Waals surface area contributed by atoms with E-state index in [0.717, 1.165) is 0 Å². The standard InChI is InChI=1S/C12H18O4Si/c1-10(13)15-12(16-11(2)14)8-6-7-9-17(3,4)5/h6,8,12H,1-5H3/b8-6+. The van der Waals surface area contributed by atoms with E-state index >= 15 is 0 Å². The fourth-order valence-electron chi connectivity index (χ4n) is 0.815. The summed E-state index contributed by atoms with van der Waals surface area (Å²) >= 11 is 0. The van der Waals surface area contributed by atoms with Crippen LogP contribution < -0.4 is 0 Å². The summed E-state index contributed by atoms with van der Waals surface area (Å²) in [5.41, 5.74) is 3.10. The number of rotatable bonds is 3. The summed E-state index contributed by atoms with van der Waals surface area (Å²) in [6.45, 7) is 8.84. The lowest BCUT2D eigenvalue weighted by molar-refractivity contribution is -0.176. The summed E-state index contributed by atoms with van der Waals surface area (Å²) < 4.78 is 9.54. The Morgan fingerprint density at radius 3 is 1.94 bits per heavy atom. The maximum atomic E-state index is 10.8. The van der Waals surface area contributed by atoms with Crippen molar-refractivity contribution in [3.8, 4) is 11.5 Å². The first-order valence-corrected chi connectivity index (χ1v) is 8.74. The Kier molecular flexibility index (Phi) is 6.29. The van der Waals surface area contributed by atoms with Crippen molar-refractivity contribution in [1.82, 2.24) is 0 Å². The summed E-state index contributed by atoms with van der Waals surface area (Å²) in [5, 5.41) is 0. The molecule has 0 aliphatic rings. The molecule has 0 N–H and O–H groups in total. The molecule has 0 bridgehead atoms. The number of hydrogen-bond donors (Lipinski definition) is 0. The first-order chi connectivity index (χ1) is 7.70. The Morgan fingerprint density at radius 2 is 1.59 bits per heavy atom. The molecule has 0 aromatic heterocycles. The fraction of sp³-hybridized carbons (Fsp3) is 0.500. The van der Waals surface area contributed by atoms with E-state index in [-0.39, 0.29) is 0 Å². The van der Waals surface area contributed by atoms with Crippen LogP contribution in [0.15, 0.2) is 12.2 Å². The van der Waals surface area contributed by atoms with E-state index in [1.54, 1.807) is 0 Å². The van der Waals surface area contributed by atoms with Crippen molar-refractivity contribution in [2.75, 3.05) is 0 Å². The molecule has 0 fully saturated rings. The molecular formula is C12H18O4Si. The maximum Gasteiger partial charge on any atom is 0.305 e. The number of ether oxygens (including phenoxy) is 2. The average Bonchev–Trinajstić information content (AvgIpc) is 2.08. The van der Waals surface area contributed by atoms with Gasteiger partial charge in [-0.25, -0.2) is 0 Å². The van der Waals surface area contributed by atoms with Gasteiger partial charge in [0.05, 0.1) is 0 Å². The van der Waals surface area contributed by atoms with E-state index in [1.165, 1.54) is 26.0 Å². The lowest BCUT2D eigenvalue weighted by Gasteiger charge is -2.11. The van der Waals surface area contributed by atoms with E-state index in [0.29, 0.717) is 0 Å². The Balaban J connectivity index is 4.50. The van der Waals surface area contributed by atoms with E-state index in [1.807, 2.05) is 0 Å². The molecule has 17 heavy (non-hydrogen) atoms. The summed E-state index contributed by atoms with van der Waals surface area (Å²) in [6.07, 6.45) is 1.98. The molecule has 0 aliphatic heterocycles. The van der Waals surface area contributed by atoms with Gasteiger partial charge >= 0.3 is 11.9 Å². The maximum absolute atomic E-state index is 10.8. The first-order valence-electron chi connectivity index (χ1n) is 5.24. The van der Waals surface area contributed by atoms with Gasteiger partial charge in [-0.2, -0.15) is 0 Å². The SMILES string of the molecule is CC(=O)OC(/C=C/C#C[Si](C)(C)C)OC(C)=O. The molecule has 0 aliphatic carbocycles. The summed E-state index contributed by atoms with van der Waals surface area (Å²) in [5.74, 6) is 1.82. The number of hydrogen-bond acceptors (Lipinski definition) is 4. The molecule has 0 aromatic carbocycles. The van der Waals surface area contributed by atoms with Crippen molar-refractivity contribution in [1.29, 1.82) is 0 Å². The molecule has 5 heteroatoms. The smallest absolute Gasteiger partial charge is 0.305 e. The number of carbonyl (C=O) groups is 2. The summed E-state index contributed by atoms with van der Waals surface area (Å²) in [4.78, 5) is 21.5. The summed E-state index contributed by atoms with van der Waals surface area (Å²) in [6, 6.07) is 0. The first kappa shape index (κ1) is 15.5. The highest BCUT2D eigenvalue weighted by Gasteiger charge is 2.10. The second-order valence-electron chi connectivity index (χ2n) is 4.47. The van der Waals surface area contributed by atoms with Gasteiger partial charge in [0.25, 0.3) is 6.29 Å². The minimum Gasteiger partial charge on any atom is -0.421 e. The van der Waals surface area contributed by atoms with Crippen molar-refractivity contribution in [3.63, 3.8) is 0 Å². The monoisotopic (exact) mass is 254 g/mol. The Hall–Kier alpha value is -1.54. The third kappa shape index (κ3) is 10.7. The van der Waals surface area contributed by atoms with Crippen LogP contribution in [-0.2, 0) is 19.1 Å². The number of allylic oxidation sites excluding steroid dienone is 1. The normalized spacial score (nSPS) is 10.9.